The van der Waals surface area contributed by atoms with E-state index < -0.39 is 0 Å². The first kappa shape index (κ1) is 16.2. The van der Waals surface area contributed by atoms with Crippen LogP contribution in [0.5, 0.6) is 0 Å². The van der Waals surface area contributed by atoms with E-state index >= 15 is 0 Å². The number of rotatable bonds is 2. The molecule has 0 bridgehead atoms. The number of thiophene rings is 1. The van der Waals surface area contributed by atoms with Crippen LogP contribution in [0.4, 0.5) is 0 Å². The monoisotopic (exact) mass is 443 g/mol. The van der Waals surface area contributed by atoms with E-state index in [9.17, 15) is 0 Å². The molecule has 0 unspecified atom stereocenters. The first-order chi connectivity index (χ1) is 7.85. The summed E-state index contributed by atoms with van der Waals surface area (Å²) >= 11 is 5.27. The van der Waals surface area contributed by atoms with Gasteiger partial charge in [0, 0.05) is 16.3 Å². The molecule has 3 N–H and O–H groups in total. The summed E-state index contributed by atoms with van der Waals surface area (Å²) in [4.78, 5) is 5.91. The second kappa shape index (κ2) is 6.09. The van der Waals surface area contributed by atoms with E-state index in [0.717, 1.165) is 6.42 Å². The van der Waals surface area contributed by atoms with Crippen molar-refractivity contribution in [3.8, 4) is 0 Å². The summed E-state index contributed by atoms with van der Waals surface area (Å²) in [6.07, 6.45) is 1.11. The average Bonchev–Trinajstić information content (AvgIpc) is 2.75. The van der Waals surface area contributed by atoms with Crippen molar-refractivity contribution in [2.24, 2.45) is 10.7 Å². The summed E-state index contributed by atoms with van der Waals surface area (Å²) in [6.45, 7) is 6.24. The molecule has 3 nitrogen and oxygen atoms in total. The van der Waals surface area contributed by atoms with Crippen molar-refractivity contribution < 1.29 is 0 Å². The second-order valence-corrected chi connectivity index (χ2v) is 7.94. The minimum atomic E-state index is -0.0239. The Morgan fingerprint density at radius 1 is 1.50 bits per heavy atom. The lowest BCUT2D eigenvalue weighted by Gasteiger charge is -2.20. The van der Waals surface area contributed by atoms with Gasteiger partial charge in [0.15, 0.2) is 5.96 Å². The van der Waals surface area contributed by atoms with Crippen LogP contribution >= 0.6 is 51.2 Å². The van der Waals surface area contributed by atoms with Crippen LogP contribution in [0.15, 0.2) is 20.9 Å². The van der Waals surface area contributed by atoms with Crippen molar-refractivity contribution in [3.05, 3.63) is 20.8 Å². The Kier molecular flexibility index (Phi) is 5.49. The van der Waals surface area contributed by atoms with Gasteiger partial charge < -0.3 is 11.1 Å². The zero-order valence-corrected chi connectivity index (χ0v) is 15.5. The molecule has 1 saturated carbocycles. The van der Waals surface area contributed by atoms with E-state index in [0.29, 0.717) is 17.9 Å². The van der Waals surface area contributed by atoms with E-state index in [4.69, 9.17) is 5.73 Å². The number of hydrogen-bond donors (Lipinski definition) is 2. The molecule has 1 aromatic heterocycles. The lowest BCUT2D eigenvalue weighted by atomic mass is 10.1. The Balaban J connectivity index is 0.00000162. The van der Waals surface area contributed by atoms with Crippen LogP contribution in [-0.4, -0.2) is 17.5 Å². The fraction of sp³-hybridized carbons (Fsp3) is 0.583. The molecule has 0 spiro atoms. The maximum atomic E-state index is 5.88. The van der Waals surface area contributed by atoms with Gasteiger partial charge in [-0.25, -0.2) is 4.99 Å². The van der Waals surface area contributed by atoms with Crippen LogP contribution in [0, 0.1) is 0 Å². The minimum absolute atomic E-state index is 0. The van der Waals surface area contributed by atoms with E-state index in [1.807, 2.05) is 0 Å². The third-order valence-corrected chi connectivity index (χ3v) is 4.28. The van der Waals surface area contributed by atoms with Gasteiger partial charge in [0.05, 0.1) is 9.83 Å². The highest BCUT2D eigenvalue weighted by Gasteiger charge is 2.39. The molecule has 0 radical (unpaired) electrons. The van der Waals surface area contributed by atoms with E-state index in [1.54, 1.807) is 11.3 Å². The summed E-state index contributed by atoms with van der Waals surface area (Å²) in [7, 11) is 0. The third kappa shape index (κ3) is 4.70. The van der Waals surface area contributed by atoms with Gasteiger partial charge in [-0.1, -0.05) is 0 Å². The topological polar surface area (TPSA) is 50.4 Å². The Labute approximate surface area is 138 Å². The first-order valence-corrected chi connectivity index (χ1v) is 7.33. The quantitative estimate of drug-likeness (QED) is 0.416. The van der Waals surface area contributed by atoms with Crippen molar-refractivity contribution in [1.82, 2.24) is 5.32 Å². The van der Waals surface area contributed by atoms with Gasteiger partial charge in [0.2, 0.25) is 0 Å². The van der Waals surface area contributed by atoms with Crippen LogP contribution in [0.1, 0.15) is 38.0 Å². The van der Waals surface area contributed by atoms with Crippen LogP contribution < -0.4 is 11.1 Å². The van der Waals surface area contributed by atoms with E-state index in [-0.39, 0.29) is 29.5 Å². The van der Waals surface area contributed by atoms with Gasteiger partial charge in [-0.15, -0.1) is 35.3 Å². The maximum Gasteiger partial charge on any atom is 0.189 e. The van der Waals surface area contributed by atoms with Gasteiger partial charge in [-0.3, -0.25) is 0 Å². The molecule has 102 valence electrons. The molecule has 1 aromatic rings. The molecular weight excluding hydrogens is 425 g/mol. The highest BCUT2D eigenvalue weighted by Crippen LogP contribution is 2.46. The second-order valence-electron chi connectivity index (χ2n) is 5.44. The number of nitrogens with zero attached hydrogens (tertiary/aromatic N) is 1. The lowest BCUT2D eigenvalue weighted by molar-refractivity contribution is 0.508. The van der Waals surface area contributed by atoms with Crippen LogP contribution in [0.25, 0.3) is 0 Å². The Morgan fingerprint density at radius 3 is 2.67 bits per heavy atom. The lowest BCUT2D eigenvalue weighted by Crippen LogP contribution is -2.45. The first-order valence-electron chi connectivity index (χ1n) is 5.72. The molecule has 0 aromatic carbocycles. The molecule has 1 fully saturated rings. The number of nitrogens with one attached hydrogen (secondary N) is 1. The Morgan fingerprint density at radius 2 is 2.17 bits per heavy atom. The molecule has 6 heteroatoms. The fourth-order valence-electron chi connectivity index (χ4n) is 1.75. The van der Waals surface area contributed by atoms with E-state index in [1.165, 1.54) is 8.66 Å². The number of hydrogen-bond acceptors (Lipinski definition) is 2. The molecule has 0 aliphatic heterocycles. The predicted octanol–water partition coefficient (Wildman–Crippen LogP) is 3.69. The molecular formula is C12H19BrIN3S. The summed E-state index contributed by atoms with van der Waals surface area (Å²) < 4.78 is 1.18. The van der Waals surface area contributed by atoms with Crippen molar-refractivity contribution >= 4 is 57.2 Å². The van der Waals surface area contributed by atoms with Crippen molar-refractivity contribution in [2.75, 3.05) is 0 Å². The van der Waals surface area contributed by atoms with Crippen molar-refractivity contribution in [2.45, 2.75) is 44.7 Å². The number of halogens is 2. The van der Waals surface area contributed by atoms with Crippen molar-refractivity contribution in [3.63, 3.8) is 0 Å². The third-order valence-electron chi connectivity index (χ3n) is 2.52. The summed E-state index contributed by atoms with van der Waals surface area (Å²) in [5, 5.41) is 3.19. The number of nitrogens with two attached hydrogens (primary N) is 1. The number of guanidine groups is 1. The SMILES string of the molecule is CC(C)(C)NC(N)=N[C@@H]1C[C@H]1c1ccc(Br)s1.I. The standard InChI is InChI=1S/C12H18BrN3S.HI/c1-12(2,3)16-11(14)15-8-6-7(8)9-4-5-10(13)17-9;/h4-5,7-8H,6H2,1-3H3,(H3,14,15,16);1H/t7-,8-;/m1./s1. The summed E-state index contributed by atoms with van der Waals surface area (Å²) in [5.41, 5.74) is 5.86. The molecule has 2 rings (SSSR count). The Bertz CT molecular complexity index is 439. The largest absolute Gasteiger partial charge is 0.370 e. The highest BCUT2D eigenvalue weighted by molar-refractivity contribution is 14.0. The highest BCUT2D eigenvalue weighted by atomic mass is 127. The van der Waals surface area contributed by atoms with E-state index in [2.05, 4.69) is 59.1 Å². The van der Waals surface area contributed by atoms with Crippen LogP contribution in [0.3, 0.4) is 0 Å². The molecule has 0 amide bonds. The Hall–Kier alpha value is 0.180. The fourth-order valence-corrected chi connectivity index (χ4v) is 3.35. The van der Waals surface area contributed by atoms with Gasteiger partial charge in [-0.2, -0.15) is 0 Å². The van der Waals surface area contributed by atoms with Gasteiger partial charge in [-0.05, 0) is 55.3 Å². The average molecular weight is 444 g/mol. The zero-order valence-electron chi connectivity index (χ0n) is 10.7. The molecule has 0 saturated heterocycles. The molecule has 1 aliphatic carbocycles. The van der Waals surface area contributed by atoms with Gasteiger partial charge >= 0.3 is 0 Å². The normalized spacial score (nSPS) is 23.4. The van der Waals surface area contributed by atoms with Crippen molar-refractivity contribution in [1.29, 1.82) is 0 Å². The minimum Gasteiger partial charge on any atom is -0.370 e. The summed E-state index contributed by atoms with van der Waals surface area (Å²) in [6, 6.07) is 4.62. The maximum absolute atomic E-state index is 5.88. The molecule has 18 heavy (non-hydrogen) atoms. The smallest absolute Gasteiger partial charge is 0.189 e. The molecule has 2 atom stereocenters. The zero-order chi connectivity index (χ0) is 12.6. The van der Waals surface area contributed by atoms with Gasteiger partial charge in [0.25, 0.3) is 0 Å². The predicted molar refractivity (Wildman–Crippen MR) is 93.1 cm³/mol. The van der Waals surface area contributed by atoms with Crippen LogP contribution in [-0.2, 0) is 0 Å². The number of aliphatic imine (C=N–C) groups is 1. The molecule has 1 aliphatic rings. The van der Waals surface area contributed by atoms with Crippen LogP contribution in [0.2, 0.25) is 0 Å². The van der Waals surface area contributed by atoms with Gasteiger partial charge in [0.1, 0.15) is 0 Å². The summed E-state index contributed by atoms with van der Waals surface area (Å²) in [5.74, 6) is 1.12. The molecule has 1 heterocycles.